The summed E-state index contributed by atoms with van der Waals surface area (Å²) in [7, 11) is 0. The molecule has 4 N–H and O–H groups in total. The Balaban J connectivity index is 0.951. The number of likely N-dealkylation sites (tertiary alicyclic amines) is 1. The molecule has 3 fully saturated rings. The molecule has 1 spiro atoms. The Hall–Kier alpha value is -5.72. The van der Waals surface area contributed by atoms with Crippen molar-refractivity contribution in [3.8, 4) is 11.5 Å². The molecule has 0 radical (unpaired) electrons. The minimum atomic E-state index is -0.703. The number of benzene rings is 5. The lowest BCUT2D eigenvalue weighted by Gasteiger charge is -2.46. The predicted molar refractivity (Wildman–Crippen MR) is 215 cm³/mol. The number of aliphatic hydroxyl groups is 1. The van der Waals surface area contributed by atoms with Crippen LogP contribution in [0.5, 0.6) is 11.5 Å². The number of hydrogen-bond donors (Lipinski definition) is 4. The van der Waals surface area contributed by atoms with Gasteiger partial charge in [0.1, 0.15) is 17.0 Å². The number of nitrogens with one attached hydrogen (secondary N) is 3. The molecule has 8 rings (SSSR count). The van der Waals surface area contributed by atoms with Crippen molar-refractivity contribution in [3.05, 3.63) is 150 Å². The first-order chi connectivity index (χ1) is 27.4. The van der Waals surface area contributed by atoms with E-state index in [0.717, 1.165) is 41.2 Å². The second-order valence-electron chi connectivity index (χ2n) is 14.7. The van der Waals surface area contributed by atoms with Crippen LogP contribution in [0.25, 0.3) is 0 Å². The highest BCUT2D eigenvalue weighted by Crippen LogP contribution is 2.43. The smallest absolute Gasteiger partial charge is 0.323 e. The number of carbonyl (C=O) groups excluding carboxylic acids is 2. The molecule has 3 saturated heterocycles. The number of nitrogens with zero attached hydrogens (tertiary/aromatic N) is 2. The van der Waals surface area contributed by atoms with Crippen molar-refractivity contribution in [2.75, 3.05) is 41.8 Å². The Morgan fingerprint density at radius 3 is 2.20 bits per heavy atom. The largest absolute Gasteiger partial charge is 0.457 e. The van der Waals surface area contributed by atoms with Gasteiger partial charge in [0.05, 0.1) is 25.5 Å². The number of carbonyl (C=O) groups is 2. The Bertz CT molecular complexity index is 2090. The lowest BCUT2D eigenvalue weighted by molar-refractivity contribution is -0.276. The Morgan fingerprint density at radius 2 is 1.48 bits per heavy atom. The van der Waals surface area contributed by atoms with Crippen LogP contribution < -0.4 is 25.6 Å². The van der Waals surface area contributed by atoms with Gasteiger partial charge in [-0.1, -0.05) is 79.7 Å². The van der Waals surface area contributed by atoms with Gasteiger partial charge >= 0.3 is 6.03 Å². The number of para-hydroxylation sites is 2. The molecule has 56 heavy (non-hydrogen) atoms. The lowest BCUT2D eigenvalue weighted by atomic mass is 9.84. The SMILES string of the molecule is C[C@H]1[C@@H](CN2CCC3(CC2)C(=O)NCN3c2ccccc2)O[C@@H](c2cccc(NC(=O)Nc3ccc(Oc4ccccc4)cc3)c2)O[C@H]1c1ccc(CO)cc1. The average Bonchev–Trinajstić information content (AvgIpc) is 3.55. The van der Waals surface area contributed by atoms with E-state index >= 15 is 0 Å². The van der Waals surface area contributed by atoms with Crippen LogP contribution in [0.15, 0.2) is 133 Å². The molecule has 3 aliphatic rings. The van der Waals surface area contributed by atoms with E-state index < -0.39 is 11.8 Å². The first kappa shape index (κ1) is 37.2. The van der Waals surface area contributed by atoms with Crippen molar-refractivity contribution in [2.45, 2.75) is 50.4 Å². The molecule has 0 bridgehead atoms. The van der Waals surface area contributed by atoms with E-state index in [4.69, 9.17) is 14.2 Å². The molecule has 0 saturated carbocycles. The van der Waals surface area contributed by atoms with E-state index in [-0.39, 0.29) is 36.7 Å². The van der Waals surface area contributed by atoms with Gasteiger partial charge in [-0.2, -0.15) is 0 Å². The van der Waals surface area contributed by atoms with Gasteiger partial charge in [-0.25, -0.2) is 4.79 Å². The first-order valence-corrected chi connectivity index (χ1v) is 19.2. The van der Waals surface area contributed by atoms with Crippen LogP contribution in [0.2, 0.25) is 0 Å². The highest BCUT2D eigenvalue weighted by Gasteiger charge is 2.51. The average molecular weight is 754 g/mol. The highest BCUT2D eigenvalue weighted by molar-refractivity contribution is 5.99. The zero-order chi connectivity index (χ0) is 38.5. The number of rotatable bonds is 10. The Morgan fingerprint density at radius 1 is 0.804 bits per heavy atom. The summed E-state index contributed by atoms with van der Waals surface area (Å²) in [5.41, 5.74) is 4.30. The topological polar surface area (TPSA) is 125 Å². The summed E-state index contributed by atoms with van der Waals surface area (Å²) in [5.74, 6) is 1.49. The van der Waals surface area contributed by atoms with Gasteiger partial charge in [0.25, 0.3) is 0 Å². The summed E-state index contributed by atoms with van der Waals surface area (Å²) in [6.07, 6.45) is 0.239. The quantitative estimate of drug-likeness (QED) is 0.114. The fourth-order valence-corrected chi connectivity index (χ4v) is 8.01. The molecule has 0 aromatic heterocycles. The van der Waals surface area contributed by atoms with Crippen LogP contribution >= 0.6 is 0 Å². The van der Waals surface area contributed by atoms with Crippen LogP contribution in [0, 0.1) is 5.92 Å². The van der Waals surface area contributed by atoms with Crippen LogP contribution in [-0.2, 0) is 20.9 Å². The molecular weight excluding hydrogens is 707 g/mol. The third kappa shape index (κ3) is 8.12. The number of amides is 3. The summed E-state index contributed by atoms with van der Waals surface area (Å²) >= 11 is 0. The normalized spacial score (nSPS) is 22.0. The maximum absolute atomic E-state index is 13.3. The van der Waals surface area contributed by atoms with Gasteiger partial charge in [0.15, 0.2) is 6.29 Å². The van der Waals surface area contributed by atoms with Crippen molar-refractivity contribution in [3.63, 3.8) is 0 Å². The maximum atomic E-state index is 13.3. The number of urea groups is 1. The molecule has 11 nitrogen and oxygen atoms in total. The summed E-state index contributed by atoms with van der Waals surface area (Å²) in [6.45, 7) is 4.80. The molecule has 5 aromatic rings. The Kier molecular flexibility index (Phi) is 11.0. The molecular formula is C45H47N5O6. The second kappa shape index (κ2) is 16.6. The predicted octanol–water partition coefficient (Wildman–Crippen LogP) is 7.84. The first-order valence-electron chi connectivity index (χ1n) is 19.2. The second-order valence-corrected chi connectivity index (χ2v) is 14.7. The Labute approximate surface area is 327 Å². The minimum Gasteiger partial charge on any atom is -0.457 e. The van der Waals surface area contributed by atoms with Gasteiger partial charge in [-0.15, -0.1) is 0 Å². The zero-order valence-corrected chi connectivity index (χ0v) is 31.3. The molecule has 3 amide bonds. The third-order valence-electron chi connectivity index (χ3n) is 11.2. The maximum Gasteiger partial charge on any atom is 0.323 e. The van der Waals surface area contributed by atoms with Crippen molar-refractivity contribution in [2.24, 2.45) is 5.92 Å². The standard InChI is InChI=1S/C45H47N5O6/c1-31-40(28-49-25-23-45(24-26-49)43(52)46-30-50(45)37-11-4-2-5-12-37)55-42(56-41(31)33-17-15-32(29-51)16-18-33)34-9-8-10-36(27-34)48-44(53)47-35-19-21-39(22-20-35)54-38-13-6-3-7-14-38/h2-22,27,31,40-42,51H,23-26,28-30H2,1H3,(H,46,52)(H2,47,48,53)/t31-,40+,41+,42+/m0/s1. The molecule has 5 aromatic carbocycles. The lowest BCUT2D eigenvalue weighted by Crippen LogP contribution is -2.57. The van der Waals surface area contributed by atoms with E-state index in [1.165, 1.54) is 0 Å². The number of aliphatic hydroxyl groups excluding tert-OH is 1. The van der Waals surface area contributed by atoms with E-state index in [1.807, 2.05) is 97.1 Å². The van der Waals surface area contributed by atoms with E-state index in [2.05, 4.69) is 44.8 Å². The fraction of sp³-hybridized carbons (Fsp3) is 0.289. The van der Waals surface area contributed by atoms with E-state index in [0.29, 0.717) is 43.2 Å². The van der Waals surface area contributed by atoms with Gasteiger partial charge in [-0.05, 0) is 84.6 Å². The summed E-state index contributed by atoms with van der Waals surface area (Å²) in [4.78, 5) is 31.0. The van der Waals surface area contributed by atoms with Crippen molar-refractivity contribution >= 4 is 29.0 Å². The van der Waals surface area contributed by atoms with Crippen LogP contribution in [0.3, 0.4) is 0 Å². The van der Waals surface area contributed by atoms with Crippen molar-refractivity contribution in [1.29, 1.82) is 0 Å². The van der Waals surface area contributed by atoms with Gasteiger partial charge in [0, 0.05) is 48.2 Å². The van der Waals surface area contributed by atoms with Crippen LogP contribution in [-0.4, -0.2) is 59.9 Å². The van der Waals surface area contributed by atoms with E-state index in [1.54, 1.807) is 24.3 Å². The highest BCUT2D eigenvalue weighted by atomic mass is 16.7. The third-order valence-corrected chi connectivity index (χ3v) is 11.2. The molecule has 11 heteroatoms. The molecule has 288 valence electrons. The monoisotopic (exact) mass is 753 g/mol. The van der Waals surface area contributed by atoms with Crippen molar-refractivity contribution < 1.29 is 28.9 Å². The summed E-state index contributed by atoms with van der Waals surface area (Å²) in [6, 6.07) is 41.9. The fourth-order valence-electron chi connectivity index (χ4n) is 8.01. The van der Waals surface area contributed by atoms with Gasteiger partial charge in [0.2, 0.25) is 5.91 Å². The number of piperidine rings is 1. The molecule has 0 unspecified atom stereocenters. The van der Waals surface area contributed by atoms with Crippen molar-refractivity contribution in [1.82, 2.24) is 10.2 Å². The van der Waals surface area contributed by atoms with E-state index in [9.17, 15) is 14.7 Å². The van der Waals surface area contributed by atoms with Crippen LogP contribution in [0.4, 0.5) is 21.9 Å². The zero-order valence-electron chi connectivity index (χ0n) is 31.3. The summed E-state index contributed by atoms with van der Waals surface area (Å²) in [5, 5.41) is 18.6. The molecule has 0 aliphatic carbocycles. The molecule has 4 atom stereocenters. The minimum absolute atomic E-state index is 0.00530. The number of hydrogen-bond acceptors (Lipinski definition) is 8. The summed E-state index contributed by atoms with van der Waals surface area (Å²) < 4.78 is 19.4. The van der Waals surface area contributed by atoms with Gasteiger partial charge in [-0.3, -0.25) is 4.79 Å². The number of anilines is 3. The molecule has 3 heterocycles. The van der Waals surface area contributed by atoms with Crippen LogP contribution in [0.1, 0.15) is 48.8 Å². The molecule has 3 aliphatic heterocycles. The van der Waals surface area contributed by atoms with Gasteiger partial charge < -0.3 is 45.1 Å². The number of ether oxygens (including phenoxy) is 3.